The largest absolute Gasteiger partial charge is 0.311 e. The van der Waals surface area contributed by atoms with E-state index in [1.165, 1.54) is 72.1 Å². The highest BCUT2D eigenvalue weighted by atomic mass is 15.2. The summed E-state index contributed by atoms with van der Waals surface area (Å²) in [4.78, 5) is 16.5. The third kappa shape index (κ3) is 4.40. The van der Waals surface area contributed by atoms with Gasteiger partial charge in [0.1, 0.15) is 0 Å². The zero-order valence-electron chi connectivity index (χ0n) is 29.2. The standard InChI is InChI=1S/C46H39BN4/c1-3-5-25-35-32-22-17-27-36-40(32)42-41(37(48-36)26-6-4-2)45-43-46(44(42)49-35)51(31-20-11-8-12-21-31)39-29-16-14-24-34(39)47(43)33-23-13-15-28-38(33)50(45)30-18-9-7-10-19-30/h7-24,27-29H,3-6,25-26H2,1-2H3. The number of anilines is 6. The van der Waals surface area contributed by atoms with Gasteiger partial charge in [-0.1, -0.05) is 112 Å². The van der Waals surface area contributed by atoms with Crippen molar-refractivity contribution in [3.8, 4) is 0 Å². The molecule has 5 heteroatoms. The van der Waals surface area contributed by atoms with Crippen molar-refractivity contribution < 1.29 is 0 Å². The molecule has 0 bridgehead atoms. The van der Waals surface area contributed by atoms with Gasteiger partial charge in [0.2, 0.25) is 0 Å². The molecule has 10 rings (SSSR count). The van der Waals surface area contributed by atoms with E-state index in [-0.39, 0.29) is 6.71 Å². The maximum atomic E-state index is 5.83. The molecule has 0 saturated heterocycles. The van der Waals surface area contributed by atoms with E-state index in [2.05, 4.69) is 151 Å². The monoisotopic (exact) mass is 658 g/mol. The van der Waals surface area contributed by atoms with Gasteiger partial charge in [0.25, 0.3) is 6.71 Å². The molecule has 51 heavy (non-hydrogen) atoms. The summed E-state index contributed by atoms with van der Waals surface area (Å²) in [7, 11) is 0. The Kier molecular flexibility index (Phi) is 7.09. The van der Waals surface area contributed by atoms with Crippen molar-refractivity contribution in [2.75, 3.05) is 9.80 Å². The minimum absolute atomic E-state index is 0.0316. The Morgan fingerprint density at radius 3 is 1.71 bits per heavy atom. The summed E-state index contributed by atoms with van der Waals surface area (Å²) in [6, 6.07) is 46.7. The van der Waals surface area contributed by atoms with Gasteiger partial charge in [-0.2, -0.15) is 0 Å². The highest BCUT2D eigenvalue weighted by Crippen LogP contribution is 2.52. The maximum absolute atomic E-state index is 5.83. The second-order valence-corrected chi connectivity index (χ2v) is 14.1. The number of aromatic nitrogens is 2. The zero-order valence-corrected chi connectivity index (χ0v) is 29.2. The molecule has 2 aromatic heterocycles. The fourth-order valence-electron chi connectivity index (χ4n) is 8.97. The van der Waals surface area contributed by atoms with Crippen molar-refractivity contribution in [1.29, 1.82) is 0 Å². The average Bonchev–Trinajstić information content (AvgIpc) is 3.19. The van der Waals surface area contributed by atoms with Crippen LogP contribution in [-0.2, 0) is 12.8 Å². The number of aryl methyl sites for hydroxylation is 2. The predicted molar refractivity (Wildman–Crippen MR) is 217 cm³/mol. The number of hydrogen-bond acceptors (Lipinski definition) is 4. The Bertz CT molecular complexity index is 2570. The topological polar surface area (TPSA) is 32.3 Å². The first-order chi connectivity index (χ1) is 25.3. The molecule has 0 radical (unpaired) electrons. The quantitative estimate of drug-likeness (QED) is 0.120. The Balaban J connectivity index is 1.48. The lowest BCUT2D eigenvalue weighted by atomic mass is 9.33. The van der Waals surface area contributed by atoms with E-state index in [1.807, 2.05) is 0 Å². The molecule has 0 amide bonds. The van der Waals surface area contributed by atoms with Crippen LogP contribution in [0.4, 0.5) is 34.1 Å². The van der Waals surface area contributed by atoms with Crippen LogP contribution in [0.15, 0.2) is 127 Å². The van der Waals surface area contributed by atoms with Crippen molar-refractivity contribution in [2.45, 2.75) is 52.4 Å². The molecule has 8 aromatic rings. The number of para-hydroxylation sites is 4. The number of rotatable bonds is 8. The predicted octanol–water partition coefficient (Wildman–Crippen LogP) is 10.1. The van der Waals surface area contributed by atoms with Gasteiger partial charge in [0, 0.05) is 50.0 Å². The van der Waals surface area contributed by atoms with Crippen molar-refractivity contribution in [3.63, 3.8) is 0 Å². The lowest BCUT2D eigenvalue weighted by Gasteiger charge is -2.45. The van der Waals surface area contributed by atoms with Crippen LogP contribution in [0.1, 0.15) is 50.9 Å². The van der Waals surface area contributed by atoms with Gasteiger partial charge < -0.3 is 9.80 Å². The molecule has 0 aliphatic carbocycles. The SMILES string of the molecule is CCCCc1nc2c3c4c(c5c(CCCC)nc6cccc1c6c25)N(c1ccccc1)c1ccccc1B4c1ccccc1N3c1ccccc1. The first-order valence-corrected chi connectivity index (χ1v) is 18.7. The molecular weight excluding hydrogens is 619 g/mol. The zero-order chi connectivity index (χ0) is 34.1. The van der Waals surface area contributed by atoms with Gasteiger partial charge in [0.05, 0.1) is 28.1 Å². The van der Waals surface area contributed by atoms with Gasteiger partial charge in [-0.15, -0.1) is 0 Å². The first-order valence-electron chi connectivity index (χ1n) is 18.7. The van der Waals surface area contributed by atoms with Crippen LogP contribution in [0.25, 0.3) is 32.6 Å². The molecule has 6 aromatic carbocycles. The molecule has 4 nitrogen and oxygen atoms in total. The summed E-state index contributed by atoms with van der Waals surface area (Å²) in [5.74, 6) is 0. The highest BCUT2D eigenvalue weighted by molar-refractivity contribution is 7.01. The van der Waals surface area contributed by atoms with Crippen LogP contribution in [0.2, 0.25) is 0 Å². The van der Waals surface area contributed by atoms with Crippen LogP contribution in [0.5, 0.6) is 0 Å². The third-order valence-corrected chi connectivity index (χ3v) is 11.1. The third-order valence-electron chi connectivity index (χ3n) is 11.1. The highest BCUT2D eigenvalue weighted by Gasteiger charge is 2.46. The van der Waals surface area contributed by atoms with Crippen LogP contribution >= 0.6 is 0 Å². The number of benzene rings is 6. The fourth-order valence-corrected chi connectivity index (χ4v) is 8.97. The van der Waals surface area contributed by atoms with Crippen LogP contribution in [-0.4, -0.2) is 16.7 Å². The van der Waals surface area contributed by atoms with E-state index >= 15 is 0 Å². The maximum Gasteiger partial charge on any atom is 0.252 e. The molecule has 4 heterocycles. The Hall–Kier alpha value is -5.68. The van der Waals surface area contributed by atoms with Gasteiger partial charge in [0.15, 0.2) is 0 Å². The Labute approximate surface area is 299 Å². The second kappa shape index (κ2) is 12.0. The molecule has 0 spiro atoms. The summed E-state index contributed by atoms with van der Waals surface area (Å²) >= 11 is 0. The van der Waals surface area contributed by atoms with Gasteiger partial charge in [-0.25, -0.2) is 4.98 Å². The molecule has 2 aliphatic heterocycles. The van der Waals surface area contributed by atoms with Crippen LogP contribution < -0.4 is 26.2 Å². The molecular formula is C46H39BN4. The molecule has 246 valence electrons. The summed E-state index contributed by atoms with van der Waals surface area (Å²) in [5.41, 5.74) is 15.7. The van der Waals surface area contributed by atoms with Crippen molar-refractivity contribution in [3.05, 3.63) is 139 Å². The number of hydrogen-bond donors (Lipinski definition) is 0. The molecule has 0 unspecified atom stereocenters. The first kappa shape index (κ1) is 30.2. The number of fused-ring (bicyclic) bond motifs is 6. The lowest BCUT2D eigenvalue weighted by Crippen LogP contribution is -2.61. The van der Waals surface area contributed by atoms with E-state index in [0.717, 1.165) is 60.9 Å². The van der Waals surface area contributed by atoms with Crippen LogP contribution in [0, 0.1) is 0 Å². The minimum Gasteiger partial charge on any atom is -0.311 e. The molecule has 0 atom stereocenters. The summed E-state index contributed by atoms with van der Waals surface area (Å²) in [6.07, 6.45) is 6.26. The van der Waals surface area contributed by atoms with E-state index in [9.17, 15) is 0 Å². The Morgan fingerprint density at radius 2 is 1.08 bits per heavy atom. The van der Waals surface area contributed by atoms with E-state index in [1.54, 1.807) is 0 Å². The van der Waals surface area contributed by atoms with Gasteiger partial charge >= 0.3 is 0 Å². The van der Waals surface area contributed by atoms with Crippen molar-refractivity contribution >= 4 is 89.8 Å². The molecule has 0 fully saturated rings. The number of unbranched alkanes of at least 4 members (excludes halogenated alkanes) is 2. The van der Waals surface area contributed by atoms with Gasteiger partial charge in [-0.3, -0.25) is 4.98 Å². The smallest absolute Gasteiger partial charge is 0.252 e. The van der Waals surface area contributed by atoms with Gasteiger partial charge in [-0.05, 0) is 84.5 Å². The second-order valence-electron chi connectivity index (χ2n) is 14.1. The number of nitrogens with zero attached hydrogens (tertiary/aromatic N) is 4. The Morgan fingerprint density at radius 1 is 0.510 bits per heavy atom. The van der Waals surface area contributed by atoms with E-state index in [4.69, 9.17) is 9.97 Å². The fraction of sp³-hybridized carbons (Fsp3) is 0.174. The number of pyridine rings is 2. The van der Waals surface area contributed by atoms with Crippen molar-refractivity contribution in [1.82, 2.24) is 9.97 Å². The van der Waals surface area contributed by atoms with E-state index < -0.39 is 0 Å². The average molecular weight is 659 g/mol. The summed E-state index contributed by atoms with van der Waals surface area (Å²) in [5, 5.41) is 4.99. The lowest BCUT2D eigenvalue weighted by molar-refractivity contribution is 0.783. The minimum atomic E-state index is 0.0316. The van der Waals surface area contributed by atoms with E-state index in [0.29, 0.717) is 0 Å². The van der Waals surface area contributed by atoms with Crippen molar-refractivity contribution in [2.24, 2.45) is 0 Å². The summed E-state index contributed by atoms with van der Waals surface area (Å²) < 4.78 is 0. The normalized spacial score (nSPS) is 13.3. The molecule has 0 saturated carbocycles. The molecule has 2 aliphatic rings. The molecule has 0 N–H and O–H groups in total. The summed E-state index contributed by atoms with van der Waals surface area (Å²) in [6.45, 7) is 4.59. The van der Waals surface area contributed by atoms with Crippen LogP contribution in [0.3, 0.4) is 0 Å².